The van der Waals surface area contributed by atoms with E-state index < -0.39 is 0 Å². The SMILES string of the molecule is CN(C(=O)CN1CC(CO)OC(C)(C)C1)C1CC1. The second kappa shape index (κ2) is 5.15. The van der Waals surface area contributed by atoms with Gasteiger partial charge in [-0.2, -0.15) is 0 Å². The molecule has 1 amide bonds. The quantitative estimate of drug-likeness (QED) is 0.774. The number of carbonyl (C=O) groups excluding carboxylic acids is 1. The van der Waals surface area contributed by atoms with Crippen molar-refractivity contribution < 1.29 is 14.6 Å². The number of nitrogens with zero attached hydrogens (tertiary/aromatic N) is 2. The lowest BCUT2D eigenvalue weighted by Gasteiger charge is -2.42. The van der Waals surface area contributed by atoms with Gasteiger partial charge in [-0.15, -0.1) is 0 Å². The van der Waals surface area contributed by atoms with Crippen LogP contribution in [0.5, 0.6) is 0 Å². The van der Waals surface area contributed by atoms with Crippen molar-refractivity contribution in [3.8, 4) is 0 Å². The highest BCUT2D eigenvalue weighted by Gasteiger charge is 2.35. The van der Waals surface area contributed by atoms with Crippen molar-refractivity contribution in [2.75, 3.05) is 33.3 Å². The molecule has 0 aromatic carbocycles. The maximum Gasteiger partial charge on any atom is 0.236 e. The Kier molecular flexibility index (Phi) is 3.94. The summed E-state index contributed by atoms with van der Waals surface area (Å²) in [6, 6.07) is 0.459. The van der Waals surface area contributed by atoms with Gasteiger partial charge >= 0.3 is 0 Å². The molecule has 1 saturated carbocycles. The van der Waals surface area contributed by atoms with E-state index in [1.54, 1.807) is 0 Å². The Hall–Kier alpha value is -0.650. The normalized spacial score (nSPS) is 28.1. The summed E-state index contributed by atoms with van der Waals surface area (Å²) in [5, 5.41) is 9.24. The Morgan fingerprint density at radius 1 is 1.50 bits per heavy atom. The predicted octanol–water partition coefficient (Wildman–Crippen LogP) is 0.0789. The van der Waals surface area contributed by atoms with Crippen molar-refractivity contribution in [1.82, 2.24) is 9.80 Å². The third kappa shape index (κ3) is 3.43. The molecule has 0 spiro atoms. The molecule has 0 bridgehead atoms. The fourth-order valence-electron chi connectivity index (χ4n) is 2.60. The third-order valence-electron chi connectivity index (χ3n) is 3.60. The van der Waals surface area contributed by atoms with Crippen LogP contribution in [0.3, 0.4) is 0 Å². The zero-order valence-corrected chi connectivity index (χ0v) is 11.6. The first-order valence-corrected chi connectivity index (χ1v) is 6.68. The Labute approximate surface area is 109 Å². The van der Waals surface area contributed by atoms with Crippen LogP contribution in [0.15, 0.2) is 0 Å². The van der Waals surface area contributed by atoms with Crippen LogP contribution in [0.1, 0.15) is 26.7 Å². The zero-order valence-electron chi connectivity index (χ0n) is 11.6. The molecule has 1 saturated heterocycles. The first-order chi connectivity index (χ1) is 8.41. The van der Waals surface area contributed by atoms with Gasteiger partial charge in [0.2, 0.25) is 5.91 Å². The number of amides is 1. The number of rotatable bonds is 4. The van der Waals surface area contributed by atoms with E-state index in [2.05, 4.69) is 4.90 Å². The fourth-order valence-corrected chi connectivity index (χ4v) is 2.60. The van der Waals surface area contributed by atoms with E-state index in [1.807, 2.05) is 25.8 Å². The highest BCUT2D eigenvalue weighted by Crippen LogP contribution is 2.26. The zero-order chi connectivity index (χ0) is 13.3. The molecule has 18 heavy (non-hydrogen) atoms. The smallest absolute Gasteiger partial charge is 0.236 e. The Morgan fingerprint density at radius 3 is 2.72 bits per heavy atom. The number of aliphatic hydroxyl groups excluding tert-OH is 1. The van der Waals surface area contributed by atoms with E-state index in [4.69, 9.17) is 4.74 Å². The molecule has 1 aliphatic heterocycles. The first-order valence-electron chi connectivity index (χ1n) is 6.68. The van der Waals surface area contributed by atoms with Crippen LogP contribution in [0.25, 0.3) is 0 Å². The molecule has 0 radical (unpaired) electrons. The monoisotopic (exact) mass is 256 g/mol. The summed E-state index contributed by atoms with van der Waals surface area (Å²) in [6.45, 7) is 5.79. The van der Waals surface area contributed by atoms with E-state index in [-0.39, 0.29) is 24.2 Å². The van der Waals surface area contributed by atoms with Crippen molar-refractivity contribution in [1.29, 1.82) is 0 Å². The second-order valence-electron chi connectivity index (χ2n) is 6.09. The van der Waals surface area contributed by atoms with Crippen molar-refractivity contribution in [3.05, 3.63) is 0 Å². The van der Waals surface area contributed by atoms with E-state index in [1.165, 1.54) is 0 Å². The summed E-state index contributed by atoms with van der Waals surface area (Å²) in [6.07, 6.45) is 2.08. The van der Waals surface area contributed by atoms with Gasteiger partial charge < -0.3 is 14.7 Å². The van der Waals surface area contributed by atoms with Gasteiger partial charge in [-0.25, -0.2) is 0 Å². The third-order valence-corrected chi connectivity index (χ3v) is 3.60. The van der Waals surface area contributed by atoms with Gasteiger partial charge in [0.05, 0.1) is 24.9 Å². The minimum Gasteiger partial charge on any atom is -0.394 e. The van der Waals surface area contributed by atoms with Crippen LogP contribution in [0.2, 0.25) is 0 Å². The van der Waals surface area contributed by atoms with Crippen LogP contribution in [-0.2, 0) is 9.53 Å². The van der Waals surface area contributed by atoms with Gasteiger partial charge in [0.25, 0.3) is 0 Å². The van der Waals surface area contributed by atoms with Crippen LogP contribution in [0, 0.1) is 0 Å². The van der Waals surface area contributed by atoms with Gasteiger partial charge in [0.1, 0.15) is 0 Å². The number of morpholine rings is 1. The van der Waals surface area contributed by atoms with Crippen molar-refractivity contribution >= 4 is 5.91 Å². The summed E-state index contributed by atoms with van der Waals surface area (Å²) in [7, 11) is 1.88. The summed E-state index contributed by atoms with van der Waals surface area (Å²) in [5.41, 5.74) is -0.302. The minimum atomic E-state index is -0.302. The Morgan fingerprint density at radius 2 is 2.17 bits per heavy atom. The molecule has 2 fully saturated rings. The molecule has 2 aliphatic rings. The first kappa shape index (κ1) is 13.8. The maximum atomic E-state index is 12.1. The molecule has 1 unspecified atom stereocenters. The summed E-state index contributed by atoms with van der Waals surface area (Å²) >= 11 is 0. The molecule has 5 heteroatoms. The molecule has 1 atom stereocenters. The number of aliphatic hydroxyl groups is 1. The number of hydrogen-bond donors (Lipinski definition) is 1. The number of likely N-dealkylation sites (N-methyl/N-ethyl adjacent to an activating group) is 1. The highest BCUT2D eigenvalue weighted by atomic mass is 16.5. The summed E-state index contributed by atoms with van der Waals surface area (Å²) in [4.78, 5) is 16.0. The van der Waals surface area contributed by atoms with Crippen LogP contribution >= 0.6 is 0 Å². The molecule has 0 aromatic heterocycles. The number of carbonyl (C=O) groups is 1. The number of ether oxygens (including phenoxy) is 1. The predicted molar refractivity (Wildman–Crippen MR) is 68.3 cm³/mol. The van der Waals surface area contributed by atoms with E-state index in [0.29, 0.717) is 19.1 Å². The van der Waals surface area contributed by atoms with Crippen molar-refractivity contribution in [2.45, 2.75) is 44.4 Å². The average Bonchev–Trinajstić information content (AvgIpc) is 3.09. The fraction of sp³-hybridized carbons (Fsp3) is 0.923. The van der Waals surface area contributed by atoms with Gasteiger partial charge in [-0.3, -0.25) is 9.69 Å². The molecule has 5 nitrogen and oxygen atoms in total. The topological polar surface area (TPSA) is 53.0 Å². The molecule has 1 N–H and O–H groups in total. The summed E-state index contributed by atoms with van der Waals surface area (Å²) < 4.78 is 5.74. The molecular weight excluding hydrogens is 232 g/mol. The van der Waals surface area contributed by atoms with Crippen molar-refractivity contribution in [2.24, 2.45) is 0 Å². The molecule has 2 rings (SSSR count). The molecule has 0 aromatic rings. The van der Waals surface area contributed by atoms with E-state index >= 15 is 0 Å². The second-order valence-corrected chi connectivity index (χ2v) is 6.09. The highest BCUT2D eigenvalue weighted by molar-refractivity contribution is 5.78. The molecular formula is C13H24N2O3. The number of hydrogen-bond acceptors (Lipinski definition) is 4. The van der Waals surface area contributed by atoms with E-state index in [0.717, 1.165) is 19.4 Å². The lowest BCUT2D eigenvalue weighted by atomic mass is 10.1. The van der Waals surface area contributed by atoms with E-state index in [9.17, 15) is 9.90 Å². The molecule has 1 aliphatic carbocycles. The van der Waals surface area contributed by atoms with Crippen LogP contribution < -0.4 is 0 Å². The van der Waals surface area contributed by atoms with Gasteiger partial charge in [-0.1, -0.05) is 0 Å². The minimum absolute atomic E-state index is 0.00653. The van der Waals surface area contributed by atoms with Gasteiger partial charge in [0.15, 0.2) is 0 Å². The molecule has 104 valence electrons. The largest absolute Gasteiger partial charge is 0.394 e. The van der Waals surface area contributed by atoms with Crippen LogP contribution in [-0.4, -0.2) is 71.8 Å². The van der Waals surface area contributed by atoms with Gasteiger partial charge in [0, 0.05) is 26.2 Å². The lowest BCUT2D eigenvalue weighted by molar-refractivity contribution is -0.156. The van der Waals surface area contributed by atoms with Gasteiger partial charge in [-0.05, 0) is 26.7 Å². The Bertz CT molecular complexity index is 315. The lowest BCUT2D eigenvalue weighted by Crippen LogP contribution is -2.55. The standard InChI is InChI=1S/C13H24N2O3/c1-13(2)9-15(6-11(8-16)18-13)7-12(17)14(3)10-4-5-10/h10-11,16H,4-9H2,1-3H3. The van der Waals surface area contributed by atoms with Crippen molar-refractivity contribution in [3.63, 3.8) is 0 Å². The summed E-state index contributed by atoms with van der Waals surface area (Å²) in [5.74, 6) is 0.173. The Balaban J connectivity index is 1.89. The molecule has 1 heterocycles. The average molecular weight is 256 g/mol. The maximum absolute atomic E-state index is 12.1. The van der Waals surface area contributed by atoms with Crippen LogP contribution in [0.4, 0.5) is 0 Å².